The molecule has 0 saturated heterocycles. The molecule has 0 unspecified atom stereocenters. The molecule has 0 amide bonds. The summed E-state index contributed by atoms with van der Waals surface area (Å²) in [5.74, 6) is -0.844. The van der Waals surface area contributed by atoms with Crippen LogP contribution in [-0.2, 0) is 36.9 Å². The van der Waals surface area contributed by atoms with Crippen molar-refractivity contribution >= 4 is 81.4 Å². The molecule has 0 spiro atoms. The minimum Gasteiger partial charge on any atom is -0.871 e. The zero-order valence-corrected chi connectivity index (χ0v) is 35.3. The monoisotopic (exact) mass is 787 g/mol. The molecule has 0 radical (unpaired) electrons. The summed E-state index contributed by atoms with van der Waals surface area (Å²) in [4.78, 5) is 10.1. The fourth-order valence-electron chi connectivity index (χ4n) is 4.14. The molecule has 5 aromatic rings. The average Bonchev–Trinajstić information content (AvgIpc) is 2.98. The predicted octanol–water partition coefficient (Wildman–Crippen LogP) is -5.41. The molecule has 0 saturated carbocycles. The van der Waals surface area contributed by atoms with Gasteiger partial charge in [0, 0.05) is 11.4 Å². The molecular formula is C26H17ClN7Na3O10S3. The molecule has 0 atom stereocenters. The van der Waals surface area contributed by atoms with E-state index in [0.29, 0.717) is 11.4 Å². The molecule has 1 aromatic heterocycles. The van der Waals surface area contributed by atoms with Crippen molar-refractivity contribution < 1.29 is 133 Å². The third kappa shape index (κ3) is 11.1. The second-order valence-electron chi connectivity index (χ2n) is 9.39. The molecule has 0 aliphatic heterocycles. The Morgan fingerprint density at radius 1 is 0.760 bits per heavy atom. The third-order valence-corrected chi connectivity index (χ3v) is 8.98. The summed E-state index contributed by atoms with van der Waals surface area (Å²) >= 11 is 6.02. The predicted molar refractivity (Wildman–Crippen MR) is 162 cm³/mol. The van der Waals surface area contributed by atoms with Crippen LogP contribution < -0.4 is 104 Å². The zero-order chi connectivity index (χ0) is 34.1. The number of azo groups is 1. The summed E-state index contributed by atoms with van der Waals surface area (Å²) in [7, 11) is -14.7. The zero-order valence-electron chi connectivity index (χ0n) is 26.1. The molecule has 50 heavy (non-hydrogen) atoms. The van der Waals surface area contributed by atoms with Crippen LogP contribution in [-0.4, -0.2) is 53.9 Å². The molecule has 3 N–H and O–H groups in total. The first-order valence-corrected chi connectivity index (χ1v) is 17.3. The van der Waals surface area contributed by atoms with Crippen LogP contribution in [0.5, 0.6) is 5.75 Å². The fraction of sp³-hybridized carbons (Fsp3) is 0.0385. The summed E-state index contributed by atoms with van der Waals surface area (Å²) in [6.45, 7) is -0.0560. The van der Waals surface area contributed by atoms with Crippen molar-refractivity contribution in [2.24, 2.45) is 10.2 Å². The van der Waals surface area contributed by atoms with Crippen LogP contribution >= 0.6 is 11.6 Å². The number of anilines is 3. The average molecular weight is 788 g/mol. The van der Waals surface area contributed by atoms with Crippen LogP contribution in [0.2, 0.25) is 5.28 Å². The van der Waals surface area contributed by atoms with E-state index in [1.54, 1.807) is 0 Å². The number of fused-ring (bicyclic) bond motifs is 1. The van der Waals surface area contributed by atoms with Crippen molar-refractivity contribution in [1.29, 1.82) is 0 Å². The van der Waals surface area contributed by atoms with Gasteiger partial charge in [0.25, 0.3) is 10.1 Å². The maximum Gasteiger partial charge on any atom is 1.00 e. The van der Waals surface area contributed by atoms with Crippen molar-refractivity contribution in [3.63, 3.8) is 0 Å². The summed E-state index contributed by atoms with van der Waals surface area (Å²) in [6, 6.07) is 14.7. The van der Waals surface area contributed by atoms with Gasteiger partial charge >= 0.3 is 88.7 Å². The van der Waals surface area contributed by atoms with Crippen LogP contribution in [0.1, 0.15) is 5.82 Å². The van der Waals surface area contributed by atoms with Gasteiger partial charge < -0.3 is 24.8 Å². The largest absolute Gasteiger partial charge is 1.00 e. The van der Waals surface area contributed by atoms with Gasteiger partial charge in [0.15, 0.2) is 5.82 Å². The molecule has 17 nitrogen and oxygen atoms in total. The quantitative estimate of drug-likeness (QED) is 0.0677. The summed E-state index contributed by atoms with van der Waals surface area (Å²) in [5.41, 5.74) is -0.576. The van der Waals surface area contributed by atoms with E-state index in [-0.39, 0.29) is 123 Å². The molecule has 0 aliphatic rings. The Balaban J connectivity index is 0.00000289. The Labute approximate surface area is 356 Å². The van der Waals surface area contributed by atoms with Crippen LogP contribution in [0, 0.1) is 0 Å². The van der Waals surface area contributed by atoms with Gasteiger partial charge in [-0.15, -0.1) is 10.2 Å². The van der Waals surface area contributed by atoms with Gasteiger partial charge in [0.2, 0.25) is 11.2 Å². The molecule has 5 rings (SSSR count). The molecule has 0 fully saturated rings. The minimum atomic E-state index is -5.05. The van der Waals surface area contributed by atoms with Gasteiger partial charge in [0.1, 0.15) is 30.8 Å². The van der Waals surface area contributed by atoms with Gasteiger partial charge in [-0.3, -0.25) is 4.55 Å². The second kappa shape index (κ2) is 17.8. The van der Waals surface area contributed by atoms with Crippen molar-refractivity contribution in [3.8, 4) is 5.75 Å². The van der Waals surface area contributed by atoms with Gasteiger partial charge in [0.05, 0.1) is 22.0 Å². The Morgan fingerprint density at radius 2 is 1.40 bits per heavy atom. The Hall–Kier alpha value is -1.83. The van der Waals surface area contributed by atoms with Gasteiger partial charge in [-0.1, -0.05) is 23.9 Å². The molecule has 1 heterocycles. The van der Waals surface area contributed by atoms with Crippen molar-refractivity contribution in [1.82, 2.24) is 15.0 Å². The number of aromatic nitrogens is 3. The second-order valence-corrected chi connectivity index (χ2v) is 13.8. The van der Waals surface area contributed by atoms with E-state index in [1.165, 1.54) is 42.5 Å². The maximum absolute atomic E-state index is 13.3. The minimum absolute atomic E-state index is 0. The number of halogens is 1. The molecular weight excluding hydrogens is 771 g/mol. The molecule has 0 aliphatic carbocycles. The van der Waals surface area contributed by atoms with E-state index in [1.807, 2.05) is 0 Å². The smallest absolute Gasteiger partial charge is 0.871 e. The maximum atomic E-state index is 13.3. The topological polar surface area (TPSA) is 279 Å². The SMILES string of the molecule is O=S(=O)([O-])c1ccc(Nc2nc(Cl)nc(CNc3ccc4c([O-])c(N=Nc5ccccc5S(=O)(=O)[O-])c(S(=O)(=O)O)cc4c3)n2)cc1.[Na+].[Na+].[Na+]. The number of benzene rings is 4. The first kappa shape index (κ1) is 44.3. The normalized spacial score (nSPS) is 11.7. The van der Waals surface area contributed by atoms with Crippen molar-refractivity contribution in [2.45, 2.75) is 21.2 Å². The fourth-order valence-corrected chi connectivity index (χ4v) is 6.05. The number of nitrogens with one attached hydrogen (secondary N) is 2. The van der Waals surface area contributed by atoms with E-state index in [4.69, 9.17) is 11.6 Å². The van der Waals surface area contributed by atoms with Crippen LogP contribution in [0.15, 0.2) is 97.7 Å². The van der Waals surface area contributed by atoms with E-state index in [0.717, 1.165) is 30.3 Å². The Morgan fingerprint density at radius 3 is 2.02 bits per heavy atom. The van der Waals surface area contributed by atoms with E-state index in [2.05, 4.69) is 35.8 Å². The van der Waals surface area contributed by atoms with Crippen LogP contribution in [0.3, 0.4) is 0 Å². The standard InChI is InChI=1S/C26H20ClN7O10S3.3Na/c27-25-30-22(31-26(32-25)29-15-5-8-17(9-6-15)45(36,37)38)13-28-16-7-10-18-14(11-16)12-21(47(42,43)44)23(24(18)35)34-33-19-3-1-2-4-20(19)46(39,40)41;;;/h1-12,28,35H,13H2,(H,36,37,38)(H,39,40,41)(H,42,43,44)(H,29,30,31,32);;;/q;3*+1/p-3. The van der Waals surface area contributed by atoms with Gasteiger partial charge in [-0.25, -0.2) is 21.8 Å². The number of nitrogens with zero attached hydrogens (tertiary/aromatic N) is 5. The van der Waals surface area contributed by atoms with Gasteiger partial charge in [-0.2, -0.15) is 18.4 Å². The van der Waals surface area contributed by atoms with E-state index in [9.17, 15) is 44.0 Å². The number of hydrogen-bond donors (Lipinski definition) is 3. The number of rotatable bonds is 10. The third-order valence-electron chi connectivity index (χ3n) is 6.21. The Kier molecular flexibility index (Phi) is 15.8. The van der Waals surface area contributed by atoms with Crippen molar-refractivity contribution in [2.75, 3.05) is 10.6 Å². The first-order chi connectivity index (χ1) is 22.0. The Bertz CT molecular complexity index is 2410. The summed E-state index contributed by atoms with van der Waals surface area (Å²) in [5, 5.41) is 26.1. The van der Waals surface area contributed by atoms with E-state index < -0.39 is 62.2 Å². The molecule has 244 valence electrons. The van der Waals surface area contributed by atoms with Crippen LogP contribution in [0.4, 0.5) is 28.7 Å². The summed E-state index contributed by atoms with van der Waals surface area (Å²) < 4.78 is 102. The number of hydrogen-bond acceptors (Lipinski definition) is 16. The molecule has 24 heteroatoms. The summed E-state index contributed by atoms with van der Waals surface area (Å²) in [6.07, 6.45) is 0. The van der Waals surface area contributed by atoms with Crippen molar-refractivity contribution in [3.05, 3.63) is 83.9 Å². The van der Waals surface area contributed by atoms with E-state index >= 15 is 0 Å². The molecule has 0 bridgehead atoms. The van der Waals surface area contributed by atoms with Gasteiger partial charge in [-0.05, 0) is 77.0 Å². The first-order valence-electron chi connectivity index (χ1n) is 12.7. The van der Waals surface area contributed by atoms with Crippen LogP contribution in [0.25, 0.3) is 10.8 Å². The molecule has 4 aromatic carbocycles.